The summed E-state index contributed by atoms with van der Waals surface area (Å²) in [5.74, 6) is 0.889. The molecule has 0 amide bonds. The van der Waals surface area contributed by atoms with Crippen molar-refractivity contribution in [1.29, 1.82) is 0 Å². The molecular formula is C14H23NO2. The van der Waals surface area contributed by atoms with Crippen molar-refractivity contribution in [3.05, 3.63) is 29.8 Å². The fraction of sp³-hybridized carbons (Fsp3) is 0.571. The molecule has 1 N–H and O–H groups in total. The van der Waals surface area contributed by atoms with Gasteiger partial charge in [-0.15, -0.1) is 0 Å². The van der Waals surface area contributed by atoms with Crippen molar-refractivity contribution in [2.24, 2.45) is 0 Å². The fourth-order valence-electron chi connectivity index (χ4n) is 1.63. The molecule has 1 atom stereocenters. The van der Waals surface area contributed by atoms with Crippen LogP contribution in [-0.2, 0) is 4.74 Å². The monoisotopic (exact) mass is 237 g/mol. The van der Waals surface area contributed by atoms with Gasteiger partial charge in [0.2, 0.25) is 0 Å². The highest BCUT2D eigenvalue weighted by molar-refractivity contribution is 5.29. The summed E-state index contributed by atoms with van der Waals surface area (Å²) in [5.41, 5.74) is 0.996. The zero-order chi connectivity index (χ0) is 12.9. The Balaban J connectivity index is 2.73. The minimum absolute atomic E-state index is 0.0867. The van der Waals surface area contributed by atoms with E-state index in [4.69, 9.17) is 9.47 Å². The van der Waals surface area contributed by atoms with Crippen molar-refractivity contribution in [3.8, 4) is 5.75 Å². The summed E-state index contributed by atoms with van der Waals surface area (Å²) in [6, 6.07) is 8.07. The first-order valence-corrected chi connectivity index (χ1v) is 5.92. The van der Waals surface area contributed by atoms with Crippen LogP contribution in [0.4, 0.5) is 0 Å². The Labute approximate surface area is 104 Å². The predicted molar refractivity (Wildman–Crippen MR) is 70.5 cm³/mol. The predicted octanol–water partition coefficient (Wildman–Crippen LogP) is 2.77. The number of likely N-dealkylation sites (N-methyl/N-ethyl adjacent to an activating group) is 1. The van der Waals surface area contributed by atoms with Crippen LogP contribution in [0.1, 0.15) is 32.4 Å². The lowest BCUT2D eigenvalue weighted by Gasteiger charge is -2.22. The second-order valence-electron chi connectivity index (χ2n) is 5.07. The van der Waals surface area contributed by atoms with E-state index < -0.39 is 0 Å². The van der Waals surface area contributed by atoms with Crippen LogP contribution in [0.3, 0.4) is 0 Å². The Hall–Kier alpha value is -1.06. The van der Waals surface area contributed by atoms with Crippen LogP contribution in [0.5, 0.6) is 5.75 Å². The van der Waals surface area contributed by atoms with E-state index in [1.165, 1.54) is 0 Å². The third kappa shape index (κ3) is 4.75. The molecule has 0 saturated heterocycles. The molecule has 0 heterocycles. The maximum Gasteiger partial charge on any atom is 0.120 e. The van der Waals surface area contributed by atoms with Gasteiger partial charge in [-0.2, -0.15) is 0 Å². The molecule has 1 unspecified atom stereocenters. The van der Waals surface area contributed by atoms with E-state index in [0.29, 0.717) is 0 Å². The molecule has 3 nitrogen and oxygen atoms in total. The lowest BCUT2D eigenvalue weighted by Crippen LogP contribution is -2.23. The van der Waals surface area contributed by atoms with Gasteiger partial charge in [0.1, 0.15) is 11.4 Å². The van der Waals surface area contributed by atoms with Gasteiger partial charge < -0.3 is 14.8 Å². The van der Waals surface area contributed by atoms with Crippen LogP contribution in [0.25, 0.3) is 0 Å². The van der Waals surface area contributed by atoms with Crippen molar-refractivity contribution < 1.29 is 9.47 Å². The number of nitrogens with one attached hydrogen (secondary N) is 1. The highest BCUT2D eigenvalue weighted by atomic mass is 16.5. The SMILES string of the molecule is CNCC(OC)c1ccc(OC(C)(C)C)cc1. The van der Waals surface area contributed by atoms with E-state index in [-0.39, 0.29) is 11.7 Å². The first-order valence-electron chi connectivity index (χ1n) is 5.92. The van der Waals surface area contributed by atoms with E-state index >= 15 is 0 Å². The zero-order valence-corrected chi connectivity index (χ0v) is 11.4. The first kappa shape index (κ1) is 14.0. The number of benzene rings is 1. The lowest BCUT2D eigenvalue weighted by atomic mass is 10.1. The second-order valence-corrected chi connectivity index (χ2v) is 5.07. The van der Waals surface area contributed by atoms with Crippen molar-refractivity contribution in [3.63, 3.8) is 0 Å². The highest BCUT2D eigenvalue weighted by Crippen LogP contribution is 2.22. The topological polar surface area (TPSA) is 30.5 Å². The number of hydrogen-bond acceptors (Lipinski definition) is 3. The van der Waals surface area contributed by atoms with Crippen LogP contribution in [0.15, 0.2) is 24.3 Å². The normalized spacial score (nSPS) is 13.5. The molecule has 1 aromatic rings. The molecule has 0 saturated carbocycles. The molecule has 0 aliphatic rings. The Kier molecular flexibility index (Phi) is 4.97. The Morgan fingerprint density at radius 2 is 1.76 bits per heavy atom. The molecule has 3 heteroatoms. The van der Waals surface area contributed by atoms with Gasteiger partial charge in [0.25, 0.3) is 0 Å². The minimum Gasteiger partial charge on any atom is -0.488 e. The molecule has 96 valence electrons. The average molecular weight is 237 g/mol. The molecule has 0 bridgehead atoms. The van der Waals surface area contributed by atoms with Crippen LogP contribution in [0, 0.1) is 0 Å². The summed E-state index contributed by atoms with van der Waals surface area (Å²) < 4.78 is 11.2. The molecule has 0 fully saturated rings. The lowest BCUT2D eigenvalue weighted by molar-refractivity contribution is 0.104. The van der Waals surface area contributed by atoms with Gasteiger partial charge in [0.05, 0.1) is 6.10 Å². The van der Waals surface area contributed by atoms with Gasteiger partial charge in [-0.05, 0) is 45.5 Å². The van der Waals surface area contributed by atoms with Crippen molar-refractivity contribution in [2.75, 3.05) is 20.7 Å². The number of rotatable bonds is 5. The van der Waals surface area contributed by atoms with Crippen LogP contribution < -0.4 is 10.1 Å². The van der Waals surface area contributed by atoms with Crippen molar-refractivity contribution in [1.82, 2.24) is 5.32 Å². The third-order valence-corrected chi connectivity index (χ3v) is 2.35. The Morgan fingerprint density at radius 3 is 2.18 bits per heavy atom. The number of hydrogen-bond donors (Lipinski definition) is 1. The maximum absolute atomic E-state index is 5.77. The largest absolute Gasteiger partial charge is 0.488 e. The number of ether oxygens (including phenoxy) is 2. The van der Waals surface area contributed by atoms with E-state index in [1.807, 2.05) is 52.1 Å². The van der Waals surface area contributed by atoms with E-state index in [2.05, 4.69) is 5.32 Å². The molecule has 0 aliphatic carbocycles. The van der Waals surface area contributed by atoms with Crippen molar-refractivity contribution in [2.45, 2.75) is 32.5 Å². The van der Waals surface area contributed by atoms with Gasteiger partial charge in [0, 0.05) is 13.7 Å². The van der Waals surface area contributed by atoms with E-state index in [0.717, 1.165) is 17.9 Å². The van der Waals surface area contributed by atoms with Crippen LogP contribution >= 0.6 is 0 Å². The van der Waals surface area contributed by atoms with Crippen molar-refractivity contribution >= 4 is 0 Å². The second kappa shape index (κ2) is 6.03. The standard InChI is InChI=1S/C14H23NO2/c1-14(2,3)17-12-8-6-11(7-9-12)13(16-5)10-15-4/h6-9,13,15H,10H2,1-5H3. The molecule has 0 aliphatic heterocycles. The average Bonchev–Trinajstić information content (AvgIpc) is 2.25. The smallest absolute Gasteiger partial charge is 0.120 e. The van der Waals surface area contributed by atoms with E-state index in [1.54, 1.807) is 7.11 Å². The summed E-state index contributed by atoms with van der Waals surface area (Å²) in [6.45, 7) is 6.93. The van der Waals surface area contributed by atoms with Gasteiger partial charge in [-0.25, -0.2) is 0 Å². The quantitative estimate of drug-likeness (QED) is 0.854. The van der Waals surface area contributed by atoms with Gasteiger partial charge >= 0.3 is 0 Å². The van der Waals surface area contributed by atoms with Crippen LogP contribution in [-0.4, -0.2) is 26.3 Å². The van der Waals surface area contributed by atoms with Gasteiger partial charge in [-0.3, -0.25) is 0 Å². The molecule has 1 aromatic carbocycles. The van der Waals surface area contributed by atoms with Gasteiger partial charge in [-0.1, -0.05) is 12.1 Å². The summed E-state index contributed by atoms with van der Waals surface area (Å²) >= 11 is 0. The summed E-state index contributed by atoms with van der Waals surface area (Å²) in [6.07, 6.45) is 0.0867. The third-order valence-electron chi connectivity index (χ3n) is 2.35. The zero-order valence-electron chi connectivity index (χ0n) is 11.4. The highest BCUT2D eigenvalue weighted by Gasteiger charge is 2.13. The number of methoxy groups -OCH3 is 1. The minimum atomic E-state index is -0.160. The molecule has 0 aromatic heterocycles. The summed E-state index contributed by atoms with van der Waals surface area (Å²) in [7, 11) is 3.64. The van der Waals surface area contributed by atoms with E-state index in [9.17, 15) is 0 Å². The summed E-state index contributed by atoms with van der Waals surface area (Å²) in [4.78, 5) is 0. The Bertz CT molecular complexity index is 327. The van der Waals surface area contributed by atoms with Crippen LogP contribution in [0.2, 0.25) is 0 Å². The van der Waals surface area contributed by atoms with Gasteiger partial charge in [0.15, 0.2) is 0 Å². The Morgan fingerprint density at radius 1 is 1.18 bits per heavy atom. The molecule has 1 rings (SSSR count). The fourth-order valence-corrected chi connectivity index (χ4v) is 1.63. The molecule has 17 heavy (non-hydrogen) atoms. The summed E-state index contributed by atoms with van der Waals surface area (Å²) in [5, 5.41) is 3.11. The molecule has 0 radical (unpaired) electrons. The first-order chi connectivity index (χ1) is 7.96. The maximum atomic E-state index is 5.77. The molecule has 0 spiro atoms. The molecular weight excluding hydrogens is 214 g/mol.